The zero-order valence-corrected chi connectivity index (χ0v) is 16.6. The Labute approximate surface area is 155 Å². The van der Waals surface area contributed by atoms with Crippen molar-refractivity contribution in [2.24, 2.45) is 5.92 Å². The quantitative estimate of drug-likeness (QED) is 0.622. The van der Waals surface area contributed by atoms with Gasteiger partial charge in [0.1, 0.15) is 0 Å². The van der Waals surface area contributed by atoms with Gasteiger partial charge in [-0.1, -0.05) is 19.9 Å². The van der Waals surface area contributed by atoms with Crippen LogP contribution in [-0.4, -0.2) is 31.2 Å². The number of methoxy groups -OCH3 is 2. The van der Waals surface area contributed by atoms with Gasteiger partial charge in [0, 0.05) is 23.5 Å². The predicted molar refractivity (Wildman–Crippen MR) is 103 cm³/mol. The van der Waals surface area contributed by atoms with Gasteiger partial charge in [0.25, 0.3) is 0 Å². The molecule has 2 aromatic rings. The summed E-state index contributed by atoms with van der Waals surface area (Å²) in [5.41, 5.74) is 2.80. The summed E-state index contributed by atoms with van der Waals surface area (Å²) in [5.74, 6) is 2.09. The van der Waals surface area contributed by atoms with E-state index in [0.717, 1.165) is 24.4 Å². The summed E-state index contributed by atoms with van der Waals surface area (Å²) in [6, 6.07) is 7.32. The molecule has 0 N–H and O–H groups in total. The summed E-state index contributed by atoms with van der Waals surface area (Å²) >= 11 is 0. The molecule has 0 fully saturated rings. The van der Waals surface area contributed by atoms with Crippen LogP contribution in [0.1, 0.15) is 42.0 Å². The summed E-state index contributed by atoms with van der Waals surface area (Å²) in [6.45, 7) is 9.29. The van der Waals surface area contributed by atoms with Crippen LogP contribution >= 0.6 is 0 Å². The Morgan fingerprint density at radius 3 is 2.27 bits per heavy atom. The van der Waals surface area contributed by atoms with Crippen LogP contribution < -0.4 is 14.2 Å². The summed E-state index contributed by atoms with van der Waals surface area (Å²) in [6.07, 6.45) is 1.08. The molecule has 142 valence electrons. The lowest BCUT2D eigenvalue weighted by Crippen LogP contribution is -2.14. The normalized spacial score (nSPS) is 10.9. The van der Waals surface area contributed by atoms with Crippen molar-refractivity contribution < 1.29 is 19.0 Å². The Hall–Kier alpha value is -2.43. The van der Waals surface area contributed by atoms with Gasteiger partial charge in [-0.3, -0.25) is 4.79 Å². The highest BCUT2D eigenvalue weighted by Gasteiger charge is 2.18. The van der Waals surface area contributed by atoms with E-state index in [9.17, 15) is 4.79 Å². The van der Waals surface area contributed by atoms with Gasteiger partial charge in [0.2, 0.25) is 11.5 Å². The lowest BCUT2D eigenvalue weighted by Gasteiger charge is -2.14. The molecule has 0 saturated carbocycles. The Balaban J connectivity index is 2.16. The smallest absolute Gasteiger partial charge is 0.203 e. The van der Waals surface area contributed by atoms with Gasteiger partial charge in [-0.2, -0.15) is 0 Å². The Morgan fingerprint density at radius 2 is 1.73 bits per heavy atom. The molecule has 0 radical (unpaired) electrons. The fourth-order valence-corrected chi connectivity index (χ4v) is 2.99. The van der Waals surface area contributed by atoms with Gasteiger partial charge in [0.15, 0.2) is 18.1 Å². The van der Waals surface area contributed by atoms with Crippen LogP contribution in [0.4, 0.5) is 0 Å². The second-order valence-electron chi connectivity index (χ2n) is 6.82. The van der Waals surface area contributed by atoms with Crippen molar-refractivity contribution in [3.63, 3.8) is 0 Å². The van der Waals surface area contributed by atoms with Crippen LogP contribution in [0.25, 0.3) is 0 Å². The summed E-state index contributed by atoms with van der Waals surface area (Å²) < 4.78 is 18.6. The van der Waals surface area contributed by atoms with Crippen LogP contribution in [0.15, 0.2) is 24.3 Å². The first-order valence-corrected chi connectivity index (χ1v) is 8.92. The van der Waals surface area contributed by atoms with Crippen molar-refractivity contribution in [2.45, 2.75) is 40.7 Å². The molecule has 0 atom stereocenters. The third-order valence-corrected chi connectivity index (χ3v) is 4.53. The van der Waals surface area contributed by atoms with Crippen LogP contribution in [0.5, 0.6) is 17.2 Å². The van der Waals surface area contributed by atoms with Crippen molar-refractivity contribution in [1.82, 2.24) is 4.57 Å². The fraction of sp³-hybridized carbons (Fsp3) is 0.476. The molecule has 1 aromatic heterocycles. The molecule has 0 unspecified atom stereocenters. The zero-order valence-electron chi connectivity index (χ0n) is 16.6. The molecule has 0 aliphatic heterocycles. The van der Waals surface area contributed by atoms with Crippen molar-refractivity contribution in [1.29, 1.82) is 0 Å². The molecule has 0 spiro atoms. The standard InChI is InChI=1S/C21H29NO4/c1-14(2)10-11-22-15(3)12-17(16(22)4)18(23)13-26-21-19(24-5)8-7-9-20(21)25-6/h7-9,12,14H,10-11,13H2,1-6H3. The number of para-hydroxylation sites is 1. The number of aromatic nitrogens is 1. The molecule has 0 aliphatic rings. The second-order valence-corrected chi connectivity index (χ2v) is 6.82. The molecule has 1 heterocycles. The fourth-order valence-electron chi connectivity index (χ4n) is 2.99. The lowest BCUT2D eigenvalue weighted by molar-refractivity contribution is 0.0916. The highest BCUT2D eigenvalue weighted by molar-refractivity contribution is 5.98. The second kappa shape index (κ2) is 8.79. The maximum atomic E-state index is 12.7. The molecule has 1 aromatic carbocycles. The third kappa shape index (κ3) is 4.40. The van der Waals surface area contributed by atoms with E-state index in [1.165, 1.54) is 0 Å². The van der Waals surface area contributed by atoms with E-state index in [2.05, 4.69) is 18.4 Å². The largest absolute Gasteiger partial charge is 0.493 e. The zero-order chi connectivity index (χ0) is 19.3. The van der Waals surface area contributed by atoms with E-state index in [4.69, 9.17) is 14.2 Å². The maximum Gasteiger partial charge on any atom is 0.203 e. The number of ether oxygens (including phenoxy) is 3. The van der Waals surface area contributed by atoms with Gasteiger partial charge in [0.05, 0.1) is 14.2 Å². The van der Waals surface area contributed by atoms with Crippen LogP contribution in [-0.2, 0) is 6.54 Å². The first-order valence-electron chi connectivity index (χ1n) is 8.92. The molecule has 5 nitrogen and oxygen atoms in total. The number of Topliss-reactive ketones (excluding diaryl/α,β-unsaturated/α-hetero) is 1. The molecule has 0 bridgehead atoms. The highest BCUT2D eigenvalue weighted by atomic mass is 16.5. The van der Waals surface area contributed by atoms with Gasteiger partial charge in [-0.15, -0.1) is 0 Å². The van der Waals surface area contributed by atoms with E-state index in [-0.39, 0.29) is 12.4 Å². The van der Waals surface area contributed by atoms with Gasteiger partial charge < -0.3 is 18.8 Å². The van der Waals surface area contributed by atoms with Crippen LogP contribution in [0.3, 0.4) is 0 Å². The topological polar surface area (TPSA) is 49.7 Å². The summed E-state index contributed by atoms with van der Waals surface area (Å²) in [7, 11) is 3.12. The van der Waals surface area contributed by atoms with E-state index in [1.54, 1.807) is 26.4 Å². The summed E-state index contributed by atoms with van der Waals surface area (Å²) in [4.78, 5) is 12.7. The average molecular weight is 359 g/mol. The monoisotopic (exact) mass is 359 g/mol. The van der Waals surface area contributed by atoms with Crippen molar-refractivity contribution in [2.75, 3.05) is 20.8 Å². The average Bonchev–Trinajstić information content (AvgIpc) is 2.91. The molecule has 2 rings (SSSR count). The molecule has 0 amide bonds. The number of benzene rings is 1. The molecule has 0 aliphatic carbocycles. The van der Waals surface area contributed by atoms with Crippen molar-refractivity contribution in [3.8, 4) is 17.2 Å². The number of carbonyl (C=O) groups is 1. The Bertz CT molecular complexity index is 739. The minimum atomic E-state index is -0.0643. The maximum absolute atomic E-state index is 12.7. The molecular weight excluding hydrogens is 330 g/mol. The van der Waals surface area contributed by atoms with Gasteiger partial charge >= 0.3 is 0 Å². The van der Waals surface area contributed by atoms with Gasteiger partial charge in [-0.05, 0) is 44.4 Å². The minimum absolute atomic E-state index is 0.0538. The Morgan fingerprint density at radius 1 is 1.12 bits per heavy atom. The van der Waals surface area contributed by atoms with Crippen molar-refractivity contribution >= 4 is 5.78 Å². The SMILES string of the molecule is COc1cccc(OC)c1OCC(=O)c1cc(C)n(CCC(C)C)c1C. The summed E-state index contributed by atoms with van der Waals surface area (Å²) in [5, 5.41) is 0. The molecule has 5 heteroatoms. The number of nitrogens with zero attached hydrogens (tertiary/aromatic N) is 1. The Kier molecular flexibility index (Phi) is 6.72. The lowest BCUT2D eigenvalue weighted by atomic mass is 10.1. The highest BCUT2D eigenvalue weighted by Crippen LogP contribution is 2.36. The molecule has 0 saturated heterocycles. The van der Waals surface area contributed by atoms with Gasteiger partial charge in [-0.25, -0.2) is 0 Å². The first kappa shape index (κ1) is 19.9. The number of ketones is 1. The molecular formula is C21H29NO4. The predicted octanol–water partition coefficient (Wildman–Crippen LogP) is 4.43. The van der Waals surface area contributed by atoms with Crippen LogP contribution in [0.2, 0.25) is 0 Å². The molecule has 26 heavy (non-hydrogen) atoms. The number of rotatable bonds is 9. The first-order chi connectivity index (χ1) is 12.4. The van der Waals surface area contributed by atoms with E-state index < -0.39 is 0 Å². The third-order valence-electron chi connectivity index (χ3n) is 4.53. The number of hydrogen-bond acceptors (Lipinski definition) is 4. The number of carbonyl (C=O) groups excluding carboxylic acids is 1. The number of hydrogen-bond donors (Lipinski definition) is 0. The van der Waals surface area contributed by atoms with E-state index in [1.807, 2.05) is 26.0 Å². The van der Waals surface area contributed by atoms with Crippen molar-refractivity contribution in [3.05, 3.63) is 41.2 Å². The van der Waals surface area contributed by atoms with E-state index >= 15 is 0 Å². The van der Waals surface area contributed by atoms with Crippen LogP contribution in [0, 0.1) is 19.8 Å². The van der Waals surface area contributed by atoms with E-state index in [0.29, 0.717) is 28.7 Å². The minimum Gasteiger partial charge on any atom is -0.493 e. The number of aryl methyl sites for hydroxylation is 1.